The highest BCUT2D eigenvalue weighted by atomic mass is 16.5. The Balaban J connectivity index is 2.54. The molecule has 0 radical (unpaired) electrons. The van der Waals surface area contributed by atoms with Gasteiger partial charge in [-0.25, -0.2) is 0 Å². The van der Waals surface area contributed by atoms with Crippen molar-refractivity contribution in [3.05, 3.63) is 48.4 Å². The molecule has 1 rings (SSSR count). The van der Waals surface area contributed by atoms with E-state index in [1.54, 1.807) is 12.1 Å². The standard InChI is InChI=1S/C10H11NO2/c1-13-8-7-11-10(12)9-5-3-2-4-6-9/h2-8H,1H3,(H,11,12). The van der Waals surface area contributed by atoms with E-state index in [9.17, 15) is 4.79 Å². The van der Waals surface area contributed by atoms with Gasteiger partial charge in [0.1, 0.15) is 0 Å². The molecule has 13 heavy (non-hydrogen) atoms. The van der Waals surface area contributed by atoms with Gasteiger partial charge >= 0.3 is 0 Å². The molecule has 0 fully saturated rings. The quantitative estimate of drug-likeness (QED) is 0.711. The van der Waals surface area contributed by atoms with Gasteiger partial charge in [0.25, 0.3) is 5.91 Å². The van der Waals surface area contributed by atoms with Crippen LogP contribution in [0.1, 0.15) is 10.4 Å². The Labute approximate surface area is 77.0 Å². The molecule has 0 saturated heterocycles. The van der Waals surface area contributed by atoms with Gasteiger partial charge in [0.2, 0.25) is 0 Å². The van der Waals surface area contributed by atoms with Gasteiger partial charge in [-0.15, -0.1) is 0 Å². The molecule has 0 spiro atoms. The normalized spacial score (nSPS) is 9.92. The van der Waals surface area contributed by atoms with Crippen LogP contribution in [-0.2, 0) is 4.74 Å². The number of nitrogens with one attached hydrogen (secondary N) is 1. The SMILES string of the molecule is COC=CNC(=O)c1ccccc1. The lowest BCUT2D eigenvalue weighted by Gasteiger charge is -1.98. The molecule has 0 aliphatic carbocycles. The Morgan fingerprint density at radius 2 is 2.08 bits per heavy atom. The lowest BCUT2D eigenvalue weighted by molar-refractivity contribution is 0.0969. The zero-order chi connectivity index (χ0) is 9.52. The number of rotatable bonds is 3. The third-order valence-electron chi connectivity index (χ3n) is 1.45. The number of hydrogen-bond acceptors (Lipinski definition) is 2. The largest absolute Gasteiger partial charge is 0.503 e. The van der Waals surface area contributed by atoms with E-state index in [4.69, 9.17) is 0 Å². The zero-order valence-corrected chi connectivity index (χ0v) is 7.36. The highest BCUT2D eigenvalue weighted by Gasteiger charge is 1.99. The Hall–Kier alpha value is -1.77. The van der Waals surface area contributed by atoms with Crippen molar-refractivity contribution < 1.29 is 9.53 Å². The van der Waals surface area contributed by atoms with E-state index >= 15 is 0 Å². The fourth-order valence-electron chi connectivity index (χ4n) is 0.851. The maximum Gasteiger partial charge on any atom is 0.255 e. The predicted molar refractivity (Wildman–Crippen MR) is 50.1 cm³/mol. The van der Waals surface area contributed by atoms with Gasteiger partial charge in [-0.05, 0) is 12.1 Å². The van der Waals surface area contributed by atoms with Crippen LogP contribution < -0.4 is 5.32 Å². The first kappa shape index (κ1) is 9.32. The molecule has 1 amide bonds. The Kier molecular flexibility index (Phi) is 3.57. The predicted octanol–water partition coefficient (Wildman–Crippen LogP) is 1.53. The van der Waals surface area contributed by atoms with Crippen LogP contribution in [0.25, 0.3) is 0 Å². The lowest BCUT2D eigenvalue weighted by atomic mass is 10.2. The summed E-state index contributed by atoms with van der Waals surface area (Å²) in [7, 11) is 1.52. The molecule has 0 aromatic heterocycles. The highest BCUT2D eigenvalue weighted by Crippen LogP contribution is 1.97. The van der Waals surface area contributed by atoms with Crippen molar-refractivity contribution in [2.75, 3.05) is 7.11 Å². The Bertz CT molecular complexity index is 293. The second-order valence-electron chi connectivity index (χ2n) is 2.38. The van der Waals surface area contributed by atoms with Crippen molar-refractivity contribution >= 4 is 5.91 Å². The van der Waals surface area contributed by atoms with Crippen LogP contribution in [0.3, 0.4) is 0 Å². The van der Waals surface area contributed by atoms with Gasteiger partial charge in [0, 0.05) is 11.8 Å². The number of ether oxygens (including phenoxy) is 1. The molecule has 3 nitrogen and oxygen atoms in total. The Morgan fingerprint density at radius 3 is 2.69 bits per heavy atom. The second-order valence-corrected chi connectivity index (χ2v) is 2.38. The summed E-state index contributed by atoms with van der Waals surface area (Å²) in [5.41, 5.74) is 0.628. The third kappa shape index (κ3) is 2.99. The van der Waals surface area contributed by atoms with Crippen molar-refractivity contribution in [3.8, 4) is 0 Å². The smallest absolute Gasteiger partial charge is 0.255 e. The molecule has 0 aliphatic heterocycles. The lowest BCUT2D eigenvalue weighted by Crippen LogP contribution is -2.16. The molecule has 0 heterocycles. The number of carbonyl (C=O) groups excluding carboxylic acids is 1. The van der Waals surface area contributed by atoms with Crippen LogP contribution in [0, 0.1) is 0 Å². The first-order valence-electron chi connectivity index (χ1n) is 3.88. The van der Waals surface area contributed by atoms with Crippen molar-refractivity contribution in [1.29, 1.82) is 0 Å². The molecule has 1 aromatic rings. The van der Waals surface area contributed by atoms with Crippen molar-refractivity contribution in [3.63, 3.8) is 0 Å². The molecule has 0 bridgehead atoms. The van der Waals surface area contributed by atoms with E-state index in [1.165, 1.54) is 19.6 Å². The number of benzene rings is 1. The summed E-state index contributed by atoms with van der Waals surface area (Å²) < 4.78 is 4.63. The molecule has 1 aromatic carbocycles. The van der Waals surface area contributed by atoms with Gasteiger partial charge < -0.3 is 10.1 Å². The molecular weight excluding hydrogens is 166 g/mol. The van der Waals surface area contributed by atoms with Gasteiger partial charge in [0.15, 0.2) is 0 Å². The van der Waals surface area contributed by atoms with Crippen LogP contribution in [0.15, 0.2) is 42.8 Å². The van der Waals surface area contributed by atoms with Crippen LogP contribution >= 0.6 is 0 Å². The maximum absolute atomic E-state index is 11.3. The number of methoxy groups -OCH3 is 1. The van der Waals surface area contributed by atoms with Gasteiger partial charge in [-0.2, -0.15) is 0 Å². The first-order chi connectivity index (χ1) is 6.34. The average molecular weight is 177 g/mol. The van der Waals surface area contributed by atoms with E-state index in [1.807, 2.05) is 18.2 Å². The maximum atomic E-state index is 11.3. The third-order valence-corrected chi connectivity index (χ3v) is 1.45. The minimum Gasteiger partial charge on any atom is -0.503 e. The summed E-state index contributed by atoms with van der Waals surface area (Å²) in [5, 5.41) is 2.56. The summed E-state index contributed by atoms with van der Waals surface area (Å²) >= 11 is 0. The summed E-state index contributed by atoms with van der Waals surface area (Å²) in [6.07, 6.45) is 2.86. The van der Waals surface area contributed by atoms with Crippen LogP contribution in [0.5, 0.6) is 0 Å². The summed E-state index contributed by atoms with van der Waals surface area (Å²) in [6, 6.07) is 8.98. The number of hydrogen-bond donors (Lipinski definition) is 1. The monoisotopic (exact) mass is 177 g/mol. The van der Waals surface area contributed by atoms with Gasteiger partial charge in [0.05, 0.1) is 13.4 Å². The minimum absolute atomic E-state index is 0.145. The Morgan fingerprint density at radius 1 is 1.38 bits per heavy atom. The fraction of sp³-hybridized carbons (Fsp3) is 0.100. The van der Waals surface area contributed by atoms with E-state index in [2.05, 4.69) is 10.1 Å². The van der Waals surface area contributed by atoms with Crippen molar-refractivity contribution in [1.82, 2.24) is 5.32 Å². The van der Waals surface area contributed by atoms with Crippen molar-refractivity contribution in [2.45, 2.75) is 0 Å². The van der Waals surface area contributed by atoms with E-state index in [0.717, 1.165) is 0 Å². The van der Waals surface area contributed by atoms with Crippen LogP contribution in [0.2, 0.25) is 0 Å². The van der Waals surface area contributed by atoms with E-state index in [-0.39, 0.29) is 5.91 Å². The number of amides is 1. The second kappa shape index (κ2) is 4.98. The number of carbonyl (C=O) groups is 1. The molecule has 0 aliphatic rings. The highest BCUT2D eigenvalue weighted by molar-refractivity contribution is 5.94. The summed E-state index contributed by atoms with van der Waals surface area (Å²) in [6.45, 7) is 0. The fourth-order valence-corrected chi connectivity index (χ4v) is 0.851. The first-order valence-corrected chi connectivity index (χ1v) is 3.88. The van der Waals surface area contributed by atoms with E-state index < -0.39 is 0 Å². The average Bonchev–Trinajstić information content (AvgIpc) is 2.19. The summed E-state index contributed by atoms with van der Waals surface area (Å²) in [5.74, 6) is -0.145. The minimum atomic E-state index is -0.145. The molecule has 0 unspecified atom stereocenters. The zero-order valence-electron chi connectivity index (χ0n) is 7.36. The topological polar surface area (TPSA) is 38.3 Å². The van der Waals surface area contributed by atoms with Crippen LogP contribution in [-0.4, -0.2) is 13.0 Å². The molecule has 0 atom stereocenters. The van der Waals surface area contributed by atoms with Gasteiger partial charge in [-0.1, -0.05) is 18.2 Å². The molecule has 68 valence electrons. The van der Waals surface area contributed by atoms with Crippen molar-refractivity contribution in [2.24, 2.45) is 0 Å². The van der Waals surface area contributed by atoms with Gasteiger partial charge in [-0.3, -0.25) is 4.79 Å². The molecule has 3 heteroatoms. The molecule has 1 N–H and O–H groups in total. The summed E-state index contributed by atoms with van der Waals surface area (Å²) in [4.78, 5) is 11.3. The van der Waals surface area contributed by atoms with E-state index in [0.29, 0.717) is 5.56 Å². The molecular formula is C10H11NO2. The van der Waals surface area contributed by atoms with Crippen LogP contribution in [0.4, 0.5) is 0 Å². The molecule has 0 saturated carbocycles.